The van der Waals surface area contributed by atoms with Crippen molar-refractivity contribution in [2.75, 3.05) is 31.9 Å². The van der Waals surface area contributed by atoms with E-state index in [0.29, 0.717) is 36.4 Å². The van der Waals surface area contributed by atoms with Crippen LogP contribution in [0.4, 0.5) is 0 Å². The maximum absolute atomic E-state index is 12.7. The van der Waals surface area contributed by atoms with Crippen LogP contribution in [0.1, 0.15) is 12.5 Å². The first-order valence-corrected chi connectivity index (χ1v) is 13.1. The average molecular weight is 488 g/mol. The van der Waals surface area contributed by atoms with E-state index in [4.69, 9.17) is 4.42 Å². The Morgan fingerprint density at radius 3 is 2.52 bits per heavy atom. The van der Waals surface area contributed by atoms with E-state index in [0.717, 1.165) is 5.56 Å². The zero-order valence-electron chi connectivity index (χ0n) is 18.2. The summed E-state index contributed by atoms with van der Waals surface area (Å²) in [6, 6.07) is 12.9. The van der Waals surface area contributed by atoms with Crippen LogP contribution in [0.15, 0.2) is 63.7 Å². The lowest BCUT2D eigenvalue weighted by Gasteiger charge is -2.33. The van der Waals surface area contributed by atoms with Crippen molar-refractivity contribution in [3.05, 3.63) is 59.7 Å². The molecule has 0 radical (unpaired) electrons. The van der Waals surface area contributed by atoms with E-state index in [1.54, 1.807) is 23.3 Å². The Hall–Kier alpha value is -2.89. The molecule has 1 aromatic carbocycles. The molecule has 1 fully saturated rings. The molecule has 1 amide bonds. The van der Waals surface area contributed by atoms with Crippen LogP contribution < -0.4 is 0 Å². The molecule has 33 heavy (non-hydrogen) atoms. The van der Waals surface area contributed by atoms with E-state index >= 15 is 0 Å². The lowest BCUT2D eigenvalue weighted by atomic mass is 10.2. The van der Waals surface area contributed by atoms with Gasteiger partial charge in [-0.3, -0.25) is 9.36 Å². The van der Waals surface area contributed by atoms with Crippen molar-refractivity contribution >= 4 is 33.8 Å². The van der Waals surface area contributed by atoms with Crippen LogP contribution in [0.25, 0.3) is 17.7 Å². The zero-order valence-corrected chi connectivity index (χ0v) is 19.8. The van der Waals surface area contributed by atoms with Crippen LogP contribution in [0.5, 0.6) is 0 Å². The summed E-state index contributed by atoms with van der Waals surface area (Å²) < 4.78 is 34.0. The van der Waals surface area contributed by atoms with Gasteiger partial charge in [0.05, 0.1) is 12.0 Å². The van der Waals surface area contributed by atoms with E-state index in [1.807, 2.05) is 47.9 Å². The number of thioether (sulfide) groups is 1. The number of sulfonamides is 1. The van der Waals surface area contributed by atoms with Gasteiger partial charge in [-0.2, -0.15) is 4.31 Å². The van der Waals surface area contributed by atoms with E-state index in [1.165, 1.54) is 21.5 Å². The maximum atomic E-state index is 12.7. The van der Waals surface area contributed by atoms with E-state index in [2.05, 4.69) is 10.2 Å². The molecule has 0 spiro atoms. The van der Waals surface area contributed by atoms with Crippen LogP contribution >= 0.6 is 11.8 Å². The number of benzene rings is 1. The smallest absolute Gasteiger partial charge is 0.236 e. The van der Waals surface area contributed by atoms with Gasteiger partial charge in [0.25, 0.3) is 0 Å². The van der Waals surface area contributed by atoms with Crippen LogP contribution in [-0.4, -0.2) is 70.2 Å². The molecule has 0 bridgehead atoms. The molecular formula is C22H25N5O4S2. The molecule has 0 N–H and O–H groups in total. The summed E-state index contributed by atoms with van der Waals surface area (Å²) in [4.78, 5) is 14.4. The summed E-state index contributed by atoms with van der Waals surface area (Å²) >= 11 is 1.32. The first kappa shape index (κ1) is 23.3. The Kier molecular flexibility index (Phi) is 7.31. The molecule has 1 saturated heterocycles. The van der Waals surface area contributed by atoms with Gasteiger partial charge in [-0.05, 0) is 30.7 Å². The lowest BCUT2D eigenvalue weighted by molar-refractivity contribution is -0.129. The summed E-state index contributed by atoms with van der Waals surface area (Å²) in [5, 5.41) is 10.3. The minimum absolute atomic E-state index is 0.0536. The maximum Gasteiger partial charge on any atom is 0.236 e. The first-order chi connectivity index (χ1) is 16.0. The summed E-state index contributed by atoms with van der Waals surface area (Å²) in [5.41, 5.74) is 0.821. The molecule has 4 rings (SSSR count). The molecule has 0 atom stereocenters. The van der Waals surface area contributed by atoms with Crippen molar-refractivity contribution < 1.29 is 17.6 Å². The van der Waals surface area contributed by atoms with Gasteiger partial charge in [-0.1, -0.05) is 42.1 Å². The summed E-state index contributed by atoms with van der Waals surface area (Å²) in [6.45, 7) is 3.88. The number of furan rings is 1. The molecule has 0 aliphatic carbocycles. The van der Waals surface area contributed by atoms with Crippen molar-refractivity contribution in [3.8, 4) is 11.6 Å². The normalized spacial score (nSPS) is 15.4. The SMILES string of the molecule is CCn1c(SCC(=O)N2CCN(S(=O)(=O)C=Cc3ccccc3)CC2)nnc1-c1ccco1. The predicted molar refractivity (Wildman–Crippen MR) is 127 cm³/mol. The molecular weight excluding hydrogens is 462 g/mol. The summed E-state index contributed by atoms with van der Waals surface area (Å²) in [5.74, 6) is 1.40. The molecule has 174 valence electrons. The fraction of sp³-hybridized carbons (Fsp3) is 0.318. The van der Waals surface area contributed by atoms with Crippen molar-refractivity contribution in [2.45, 2.75) is 18.6 Å². The fourth-order valence-corrected chi connectivity index (χ4v) is 5.57. The average Bonchev–Trinajstić information content (AvgIpc) is 3.51. The van der Waals surface area contributed by atoms with Gasteiger partial charge >= 0.3 is 0 Å². The number of hydrogen-bond donors (Lipinski definition) is 0. The highest BCUT2D eigenvalue weighted by atomic mass is 32.2. The fourth-order valence-electron chi connectivity index (χ4n) is 3.49. The number of hydrogen-bond acceptors (Lipinski definition) is 7. The number of carbonyl (C=O) groups excluding carboxylic acids is 1. The highest BCUT2D eigenvalue weighted by Crippen LogP contribution is 2.24. The van der Waals surface area contributed by atoms with Crippen LogP contribution in [0.3, 0.4) is 0 Å². The number of piperazine rings is 1. The molecule has 9 nitrogen and oxygen atoms in total. The first-order valence-electron chi connectivity index (χ1n) is 10.6. The van der Waals surface area contributed by atoms with Crippen molar-refractivity contribution in [3.63, 3.8) is 0 Å². The predicted octanol–water partition coefficient (Wildman–Crippen LogP) is 2.80. The molecule has 2 aromatic heterocycles. The van der Waals surface area contributed by atoms with Gasteiger partial charge < -0.3 is 9.32 Å². The minimum Gasteiger partial charge on any atom is -0.461 e. The number of aromatic nitrogens is 3. The third-order valence-corrected chi connectivity index (χ3v) is 7.80. The Morgan fingerprint density at radius 1 is 1.09 bits per heavy atom. The molecule has 3 heterocycles. The van der Waals surface area contributed by atoms with E-state index in [-0.39, 0.29) is 24.7 Å². The third-order valence-electron chi connectivity index (χ3n) is 5.28. The number of nitrogens with zero attached hydrogens (tertiary/aromatic N) is 5. The molecule has 11 heteroatoms. The van der Waals surface area contributed by atoms with Crippen molar-refractivity contribution in [1.29, 1.82) is 0 Å². The van der Waals surface area contributed by atoms with Crippen LogP contribution in [0.2, 0.25) is 0 Å². The van der Waals surface area contributed by atoms with Gasteiger partial charge in [0, 0.05) is 38.1 Å². The largest absolute Gasteiger partial charge is 0.461 e. The number of amides is 1. The third kappa shape index (κ3) is 5.55. The minimum atomic E-state index is -3.53. The van der Waals surface area contributed by atoms with Gasteiger partial charge in [0.1, 0.15) is 0 Å². The van der Waals surface area contributed by atoms with Gasteiger partial charge in [-0.25, -0.2) is 8.42 Å². The second kappa shape index (κ2) is 10.4. The molecule has 0 saturated carbocycles. The molecule has 1 aliphatic rings. The summed E-state index contributed by atoms with van der Waals surface area (Å²) in [7, 11) is -3.53. The van der Waals surface area contributed by atoms with Crippen molar-refractivity contribution in [1.82, 2.24) is 24.0 Å². The Labute approximate surface area is 197 Å². The second-order valence-corrected chi connectivity index (χ2v) is 10.1. The topological polar surface area (TPSA) is 102 Å². The second-order valence-electron chi connectivity index (χ2n) is 7.35. The highest BCUT2D eigenvalue weighted by molar-refractivity contribution is 7.99. The number of rotatable bonds is 8. The van der Waals surface area contributed by atoms with Crippen LogP contribution in [-0.2, 0) is 21.4 Å². The molecule has 3 aromatic rings. The van der Waals surface area contributed by atoms with E-state index in [9.17, 15) is 13.2 Å². The Morgan fingerprint density at radius 2 is 1.85 bits per heavy atom. The van der Waals surface area contributed by atoms with Gasteiger partial charge in [0.15, 0.2) is 16.7 Å². The quantitative estimate of drug-likeness (QED) is 0.450. The monoisotopic (exact) mass is 487 g/mol. The number of carbonyl (C=O) groups is 1. The van der Waals surface area contributed by atoms with Gasteiger partial charge in [-0.15, -0.1) is 10.2 Å². The van der Waals surface area contributed by atoms with Gasteiger partial charge in [0.2, 0.25) is 15.9 Å². The molecule has 0 unspecified atom stereocenters. The Balaban J connectivity index is 1.31. The zero-order chi connectivity index (χ0) is 23.3. The summed E-state index contributed by atoms with van der Waals surface area (Å²) in [6.07, 6.45) is 3.17. The van der Waals surface area contributed by atoms with Crippen LogP contribution in [0, 0.1) is 0 Å². The van der Waals surface area contributed by atoms with Crippen molar-refractivity contribution in [2.24, 2.45) is 0 Å². The Bertz CT molecular complexity index is 1200. The van der Waals surface area contributed by atoms with E-state index < -0.39 is 10.0 Å². The standard InChI is InChI=1S/C22H25N5O4S2/c1-2-27-21(19-9-6-15-31-19)23-24-22(27)32-17-20(28)25-11-13-26(14-12-25)33(29,30)16-10-18-7-4-3-5-8-18/h3-10,15-16H,2,11-14,17H2,1H3. The molecule has 1 aliphatic heterocycles. The lowest BCUT2D eigenvalue weighted by Crippen LogP contribution is -2.50. The highest BCUT2D eigenvalue weighted by Gasteiger charge is 2.27.